The molecule has 1 unspecified atom stereocenters. The number of aromatic carboxylic acids is 1. The van der Waals surface area contributed by atoms with Crippen molar-refractivity contribution in [2.24, 2.45) is 0 Å². The molecule has 1 atom stereocenters. The van der Waals surface area contributed by atoms with E-state index in [1.54, 1.807) is 23.9 Å². The van der Waals surface area contributed by atoms with Gasteiger partial charge < -0.3 is 10.4 Å². The SMILES string of the molecule is CCCc1cc(C(=O)O)cc(NC(C)CCSC)n1. The van der Waals surface area contributed by atoms with Crippen LogP contribution in [0.1, 0.15) is 42.7 Å². The molecule has 1 aromatic rings. The lowest BCUT2D eigenvalue weighted by molar-refractivity contribution is 0.0696. The molecule has 0 radical (unpaired) electrons. The molecule has 0 aliphatic heterocycles. The highest BCUT2D eigenvalue weighted by molar-refractivity contribution is 7.98. The smallest absolute Gasteiger partial charge is 0.335 e. The van der Waals surface area contributed by atoms with Gasteiger partial charge >= 0.3 is 5.97 Å². The highest BCUT2D eigenvalue weighted by atomic mass is 32.2. The second-order valence-corrected chi connectivity index (χ2v) is 5.60. The van der Waals surface area contributed by atoms with Crippen LogP contribution in [-0.4, -0.2) is 34.1 Å². The first-order chi connectivity index (χ1) is 9.06. The van der Waals surface area contributed by atoms with E-state index >= 15 is 0 Å². The molecule has 4 nitrogen and oxygen atoms in total. The van der Waals surface area contributed by atoms with E-state index in [0.717, 1.165) is 30.7 Å². The van der Waals surface area contributed by atoms with Crippen molar-refractivity contribution < 1.29 is 9.90 Å². The van der Waals surface area contributed by atoms with Gasteiger partial charge in [-0.25, -0.2) is 9.78 Å². The first kappa shape index (κ1) is 15.8. The molecule has 1 rings (SSSR count). The predicted molar refractivity (Wildman–Crippen MR) is 81.3 cm³/mol. The van der Waals surface area contributed by atoms with Crippen molar-refractivity contribution in [3.05, 3.63) is 23.4 Å². The zero-order valence-corrected chi connectivity index (χ0v) is 12.6. The minimum atomic E-state index is -0.903. The van der Waals surface area contributed by atoms with Crippen molar-refractivity contribution in [1.82, 2.24) is 4.98 Å². The Morgan fingerprint density at radius 3 is 2.84 bits per heavy atom. The summed E-state index contributed by atoms with van der Waals surface area (Å²) in [5.41, 5.74) is 1.14. The Balaban J connectivity index is 2.83. The van der Waals surface area contributed by atoms with E-state index in [1.807, 2.05) is 0 Å². The molecular weight excluding hydrogens is 260 g/mol. The summed E-state index contributed by atoms with van der Waals surface area (Å²) in [6, 6.07) is 3.55. The Hall–Kier alpha value is -1.23. The number of nitrogens with zero attached hydrogens (tertiary/aromatic N) is 1. The molecule has 19 heavy (non-hydrogen) atoms. The number of rotatable bonds is 8. The van der Waals surface area contributed by atoms with Gasteiger partial charge in [0.05, 0.1) is 5.56 Å². The van der Waals surface area contributed by atoms with Crippen molar-refractivity contribution in [3.8, 4) is 0 Å². The number of thioether (sulfide) groups is 1. The van der Waals surface area contributed by atoms with Crippen LogP contribution in [0.15, 0.2) is 12.1 Å². The lowest BCUT2D eigenvalue weighted by Gasteiger charge is -2.15. The number of carbonyl (C=O) groups is 1. The molecule has 1 heterocycles. The van der Waals surface area contributed by atoms with Crippen LogP contribution < -0.4 is 5.32 Å². The van der Waals surface area contributed by atoms with Crippen LogP contribution in [0.4, 0.5) is 5.82 Å². The van der Waals surface area contributed by atoms with Crippen molar-refractivity contribution in [2.45, 2.75) is 39.2 Å². The molecule has 5 heteroatoms. The summed E-state index contributed by atoms with van der Waals surface area (Å²) in [6.45, 7) is 4.15. The molecule has 0 aliphatic carbocycles. The maximum Gasteiger partial charge on any atom is 0.335 e. The summed E-state index contributed by atoms with van der Waals surface area (Å²) < 4.78 is 0. The van der Waals surface area contributed by atoms with Gasteiger partial charge in [0.25, 0.3) is 0 Å². The van der Waals surface area contributed by atoms with Gasteiger partial charge in [-0.3, -0.25) is 0 Å². The van der Waals surface area contributed by atoms with E-state index in [4.69, 9.17) is 5.11 Å². The maximum atomic E-state index is 11.1. The lowest BCUT2D eigenvalue weighted by atomic mass is 10.1. The average molecular weight is 282 g/mol. The number of carboxylic acids is 1. The third kappa shape index (κ3) is 5.51. The summed E-state index contributed by atoms with van der Waals surface area (Å²) in [5.74, 6) is 0.839. The molecule has 0 aromatic carbocycles. The Morgan fingerprint density at radius 2 is 2.26 bits per heavy atom. The van der Waals surface area contributed by atoms with E-state index in [0.29, 0.717) is 17.4 Å². The Morgan fingerprint density at radius 1 is 1.53 bits per heavy atom. The van der Waals surface area contributed by atoms with Crippen molar-refractivity contribution in [3.63, 3.8) is 0 Å². The number of aryl methyl sites for hydroxylation is 1. The zero-order chi connectivity index (χ0) is 14.3. The van der Waals surface area contributed by atoms with E-state index in [1.165, 1.54) is 0 Å². The monoisotopic (exact) mass is 282 g/mol. The Labute approximate surface area is 119 Å². The third-order valence-electron chi connectivity index (χ3n) is 2.78. The first-order valence-corrected chi connectivity index (χ1v) is 7.96. The quantitative estimate of drug-likeness (QED) is 0.766. The highest BCUT2D eigenvalue weighted by Crippen LogP contribution is 2.14. The van der Waals surface area contributed by atoms with Gasteiger partial charge in [-0.2, -0.15) is 11.8 Å². The molecule has 0 saturated heterocycles. The molecule has 0 amide bonds. The van der Waals surface area contributed by atoms with E-state index in [2.05, 4.69) is 30.4 Å². The number of aromatic nitrogens is 1. The predicted octanol–water partition coefficient (Wildman–Crippen LogP) is 3.29. The van der Waals surface area contributed by atoms with Crippen LogP contribution in [0.25, 0.3) is 0 Å². The Kier molecular flexibility index (Phi) is 6.70. The number of hydrogen-bond donors (Lipinski definition) is 2. The topological polar surface area (TPSA) is 62.2 Å². The molecular formula is C14H22N2O2S. The van der Waals surface area contributed by atoms with Crippen LogP contribution in [0.3, 0.4) is 0 Å². The summed E-state index contributed by atoms with van der Waals surface area (Å²) in [6.07, 6.45) is 4.87. The molecule has 0 saturated carbocycles. The molecule has 0 spiro atoms. The number of anilines is 1. The van der Waals surface area contributed by atoms with Crippen LogP contribution in [0.5, 0.6) is 0 Å². The van der Waals surface area contributed by atoms with Gasteiger partial charge in [-0.05, 0) is 43.9 Å². The Bertz CT molecular complexity index is 424. The summed E-state index contributed by atoms with van der Waals surface area (Å²) in [5, 5.41) is 12.4. The highest BCUT2D eigenvalue weighted by Gasteiger charge is 2.10. The van der Waals surface area contributed by atoms with Crippen LogP contribution >= 0.6 is 11.8 Å². The summed E-state index contributed by atoms with van der Waals surface area (Å²) in [7, 11) is 0. The number of nitrogens with one attached hydrogen (secondary N) is 1. The first-order valence-electron chi connectivity index (χ1n) is 6.56. The van der Waals surface area contributed by atoms with Crippen LogP contribution in [0, 0.1) is 0 Å². The summed E-state index contributed by atoms with van der Waals surface area (Å²) in [4.78, 5) is 15.6. The van der Waals surface area contributed by atoms with Crippen molar-refractivity contribution in [2.75, 3.05) is 17.3 Å². The van der Waals surface area contributed by atoms with Crippen molar-refractivity contribution >= 4 is 23.5 Å². The largest absolute Gasteiger partial charge is 0.478 e. The van der Waals surface area contributed by atoms with Gasteiger partial charge in [0.2, 0.25) is 0 Å². The normalized spacial score (nSPS) is 12.2. The van der Waals surface area contributed by atoms with Gasteiger partial charge in [-0.1, -0.05) is 13.3 Å². The minimum Gasteiger partial charge on any atom is -0.478 e. The second kappa shape index (κ2) is 8.04. The molecule has 106 valence electrons. The lowest BCUT2D eigenvalue weighted by Crippen LogP contribution is -2.17. The van der Waals surface area contributed by atoms with Crippen molar-refractivity contribution in [1.29, 1.82) is 0 Å². The maximum absolute atomic E-state index is 11.1. The van der Waals surface area contributed by atoms with E-state index in [-0.39, 0.29) is 0 Å². The van der Waals surface area contributed by atoms with Gasteiger partial charge in [0.15, 0.2) is 0 Å². The van der Waals surface area contributed by atoms with Gasteiger partial charge in [0.1, 0.15) is 5.82 Å². The molecule has 1 aromatic heterocycles. The molecule has 2 N–H and O–H groups in total. The van der Waals surface area contributed by atoms with E-state index in [9.17, 15) is 4.79 Å². The average Bonchev–Trinajstić information content (AvgIpc) is 2.36. The number of pyridine rings is 1. The fourth-order valence-corrected chi connectivity index (χ4v) is 2.38. The molecule has 0 fully saturated rings. The molecule has 0 bridgehead atoms. The van der Waals surface area contributed by atoms with Gasteiger partial charge in [-0.15, -0.1) is 0 Å². The second-order valence-electron chi connectivity index (χ2n) is 4.61. The zero-order valence-electron chi connectivity index (χ0n) is 11.8. The molecule has 0 aliphatic rings. The number of carboxylic acid groups (broad SMARTS) is 1. The number of hydrogen-bond acceptors (Lipinski definition) is 4. The fraction of sp³-hybridized carbons (Fsp3) is 0.571. The fourth-order valence-electron chi connectivity index (χ4n) is 1.79. The van der Waals surface area contributed by atoms with E-state index < -0.39 is 5.97 Å². The van der Waals surface area contributed by atoms with Gasteiger partial charge in [0, 0.05) is 11.7 Å². The van der Waals surface area contributed by atoms with Crippen LogP contribution in [-0.2, 0) is 6.42 Å². The summed E-state index contributed by atoms with van der Waals surface area (Å²) >= 11 is 1.81. The third-order valence-corrected chi connectivity index (χ3v) is 3.42. The minimum absolute atomic E-state index is 0.290. The van der Waals surface area contributed by atoms with Crippen LogP contribution in [0.2, 0.25) is 0 Å². The standard InChI is InChI=1S/C14H22N2O2S/c1-4-5-12-8-11(14(17)18)9-13(16-12)15-10(2)6-7-19-3/h8-10H,4-7H2,1-3H3,(H,15,16)(H,17,18).